The number of carbonyl (C=O) groups is 3. The molecule has 0 aromatic heterocycles. The van der Waals surface area contributed by atoms with E-state index in [0.29, 0.717) is 5.69 Å². The van der Waals surface area contributed by atoms with Crippen LogP contribution in [0.4, 0.5) is 5.69 Å². The molecular formula is C15H20N2O4. The summed E-state index contributed by atoms with van der Waals surface area (Å²) in [6.07, 6.45) is 0.263. The Labute approximate surface area is 123 Å². The van der Waals surface area contributed by atoms with Gasteiger partial charge in [0, 0.05) is 5.69 Å². The predicted molar refractivity (Wildman–Crippen MR) is 78.8 cm³/mol. The van der Waals surface area contributed by atoms with Crippen LogP contribution < -0.4 is 10.6 Å². The van der Waals surface area contributed by atoms with E-state index in [2.05, 4.69) is 10.6 Å². The van der Waals surface area contributed by atoms with Crippen molar-refractivity contribution in [2.45, 2.75) is 33.2 Å². The molecule has 0 radical (unpaired) electrons. The zero-order valence-corrected chi connectivity index (χ0v) is 12.3. The van der Waals surface area contributed by atoms with Crippen molar-refractivity contribution < 1.29 is 19.5 Å². The molecule has 0 aliphatic carbocycles. The molecule has 0 bridgehead atoms. The van der Waals surface area contributed by atoms with Crippen LogP contribution in [0.2, 0.25) is 0 Å². The lowest BCUT2D eigenvalue weighted by Gasteiger charge is -2.16. The van der Waals surface area contributed by atoms with Gasteiger partial charge in [-0.15, -0.1) is 0 Å². The van der Waals surface area contributed by atoms with Crippen molar-refractivity contribution >= 4 is 23.5 Å². The first-order valence-electron chi connectivity index (χ1n) is 6.71. The van der Waals surface area contributed by atoms with Crippen molar-refractivity contribution in [3.8, 4) is 0 Å². The minimum Gasteiger partial charge on any atom is -0.480 e. The summed E-state index contributed by atoms with van der Waals surface area (Å²) in [7, 11) is 0. The highest BCUT2D eigenvalue weighted by molar-refractivity contribution is 6.40. The molecule has 21 heavy (non-hydrogen) atoms. The lowest BCUT2D eigenvalue weighted by Crippen LogP contribution is -2.46. The molecule has 114 valence electrons. The normalized spacial score (nSPS) is 11.8. The zero-order valence-electron chi connectivity index (χ0n) is 12.3. The lowest BCUT2D eigenvalue weighted by molar-refractivity contribution is -0.144. The number of benzene rings is 1. The van der Waals surface area contributed by atoms with E-state index in [1.54, 1.807) is 24.3 Å². The van der Waals surface area contributed by atoms with E-state index < -0.39 is 23.8 Å². The maximum Gasteiger partial charge on any atom is 0.326 e. The monoisotopic (exact) mass is 292 g/mol. The average molecular weight is 292 g/mol. The van der Waals surface area contributed by atoms with E-state index >= 15 is 0 Å². The molecule has 0 spiro atoms. The van der Waals surface area contributed by atoms with Crippen LogP contribution in [-0.4, -0.2) is 28.9 Å². The first kappa shape index (κ1) is 16.7. The van der Waals surface area contributed by atoms with Crippen LogP contribution >= 0.6 is 0 Å². The highest BCUT2D eigenvalue weighted by Gasteiger charge is 2.24. The first-order chi connectivity index (χ1) is 9.79. The van der Waals surface area contributed by atoms with Gasteiger partial charge in [0.1, 0.15) is 6.04 Å². The van der Waals surface area contributed by atoms with Gasteiger partial charge in [-0.3, -0.25) is 9.59 Å². The summed E-state index contributed by atoms with van der Waals surface area (Å²) in [5.41, 5.74) is 1.51. The topological polar surface area (TPSA) is 95.5 Å². The minimum absolute atomic E-state index is 0.0894. The molecule has 2 amide bonds. The molecule has 1 aromatic carbocycles. The number of aryl methyl sites for hydroxylation is 1. The van der Waals surface area contributed by atoms with E-state index in [0.717, 1.165) is 5.56 Å². The summed E-state index contributed by atoms with van der Waals surface area (Å²) in [6, 6.07) is 5.87. The molecule has 0 aliphatic rings. The Morgan fingerprint density at radius 2 is 1.67 bits per heavy atom. The Balaban J connectivity index is 2.62. The highest BCUT2D eigenvalue weighted by atomic mass is 16.4. The number of hydrogen-bond acceptors (Lipinski definition) is 3. The van der Waals surface area contributed by atoms with Gasteiger partial charge in [-0.05, 0) is 31.4 Å². The van der Waals surface area contributed by atoms with E-state index in [-0.39, 0.29) is 12.3 Å². The van der Waals surface area contributed by atoms with Crippen molar-refractivity contribution in [2.75, 3.05) is 5.32 Å². The molecule has 0 saturated heterocycles. The minimum atomic E-state index is -1.15. The molecule has 1 unspecified atom stereocenters. The Hall–Kier alpha value is -2.37. The lowest BCUT2D eigenvalue weighted by atomic mass is 10.0. The van der Waals surface area contributed by atoms with Gasteiger partial charge >= 0.3 is 17.8 Å². The van der Waals surface area contributed by atoms with Crippen LogP contribution in [0.15, 0.2) is 24.3 Å². The molecule has 6 nitrogen and oxygen atoms in total. The molecule has 1 atom stereocenters. The van der Waals surface area contributed by atoms with Gasteiger partial charge in [-0.1, -0.05) is 31.5 Å². The van der Waals surface area contributed by atoms with Crippen LogP contribution in [0.5, 0.6) is 0 Å². The van der Waals surface area contributed by atoms with Gasteiger partial charge in [-0.2, -0.15) is 0 Å². The summed E-state index contributed by atoms with van der Waals surface area (Å²) < 4.78 is 0. The fourth-order valence-electron chi connectivity index (χ4n) is 1.74. The van der Waals surface area contributed by atoms with Gasteiger partial charge in [0.15, 0.2) is 0 Å². The van der Waals surface area contributed by atoms with Crippen LogP contribution in [0.1, 0.15) is 25.8 Å². The molecule has 0 saturated carbocycles. The number of aliphatic carboxylic acids is 1. The maximum atomic E-state index is 11.7. The third-order valence-electron chi connectivity index (χ3n) is 2.83. The molecule has 0 heterocycles. The Bertz CT molecular complexity index is 523. The third-order valence-corrected chi connectivity index (χ3v) is 2.83. The highest BCUT2D eigenvalue weighted by Crippen LogP contribution is 2.09. The largest absolute Gasteiger partial charge is 0.480 e. The maximum absolute atomic E-state index is 11.7. The summed E-state index contributed by atoms with van der Waals surface area (Å²) in [5.74, 6) is -2.90. The fraction of sp³-hybridized carbons (Fsp3) is 0.400. The number of rotatable bonds is 5. The number of anilines is 1. The van der Waals surface area contributed by atoms with E-state index in [1.807, 2.05) is 20.8 Å². The number of carboxylic acid groups (broad SMARTS) is 1. The Kier molecular flexibility index (Phi) is 5.90. The Morgan fingerprint density at radius 1 is 1.10 bits per heavy atom. The second-order valence-corrected chi connectivity index (χ2v) is 5.31. The number of carbonyl (C=O) groups excluding carboxylic acids is 2. The first-order valence-corrected chi connectivity index (χ1v) is 6.71. The standard InChI is InChI=1S/C15H20N2O4/c1-9(2)8-12(15(20)21)17-14(19)13(18)16-11-6-4-10(3)5-7-11/h4-7,9,12H,8H2,1-3H3,(H,16,18)(H,17,19)(H,20,21). The molecule has 1 rings (SSSR count). The smallest absolute Gasteiger partial charge is 0.326 e. The number of amides is 2. The van der Waals surface area contributed by atoms with Crippen LogP contribution in [0.3, 0.4) is 0 Å². The van der Waals surface area contributed by atoms with Crippen molar-refractivity contribution in [3.63, 3.8) is 0 Å². The molecule has 6 heteroatoms. The number of hydrogen-bond donors (Lipinski definition) is 3. The summed E-state index contributed by atoms with van der Waals surface area (Å²) in [6.45, 7) is 5.59. The summed E-state index contributed by atoms with van der Waals surface area (Å²) >= 11 is 0. The van der Waals surface area contributed by atoms with Crippen molar-refractivity contribution in [1.82, 2.24) is 5.32 Å². The summed E-state index contributed by atoms with van der Waals surface area (Å²) in [4.78, 5) is 34.5. The van der Waals surface area contributed by atoms with Gasteiger partial charge in [-0.25, -0.2) is 4.79 Å². The second-order valence-electron chi connectivity index (χ2n) is 5.31. The van der Waals surface area contributed by atoms with Crippen molar-refractivity contribution in [1.29, 1.82) is 0 Å². The van der Waals surface area contributed by atoms with Gasteiger partial charge < -0.3 is 15.7 Å². The predicted octanol–water partition coefficient (Wildman–Crippen LogP) is 1.55. The average Bonchev–Trinajstić information content (AvgIpc) is 2.39. The van der Waals surface area contributed by atoms with E-state index in [1.165, 1.54) is 0 Å². The van der Waals surface area contributed by atoms with E-state index in [4.69, 9.17) is 5.11 Å². The van der Waals surface area contributed by atoms with Crippen molar-refractivity contribution in [3.05, 3.63) is 29.8 Å². The van der Waals surface area contributed by atoms with Crippen LogP contribution in [-0.2, 0) is 14.4 Å². The van der Waals surface area contributed by atoms with Crippen LogP contribution in [0, 0.1) is 12.8 Å². The zero-order chi connectivity index (χ0) is 16.0. The van der Waals surface area contributed by atoms with Crippen LogP contribution in [0.25, 0.3) is 0 Å². The Morgan fingerprint density at radius 3 is 2.14 bits per heavy atom. The molecule has 3 N–H and O–H groups in total. The number of nitrogens with one attached hydrogen (secondary N) is 2. The second kappa shape index (κ2) is 7.42. The molecular weight excluding hydrogens is 272 g/mol. The fourth-order valence-corrected chi connectivity index (χ4v) is 1.74. The molecule has 0 fully saturated rings. The quantitative estimate of drug-likeness (QED) is 0.717. The third kappa shape index (κ3) is 5.64. The summed E-state index contributed by atoms with van der Waals surface area (Å²) in [5, 5.41) is 13.7. The van der Waals surface area contributed by atoms with E-state index in [9.17, 15) is 14.4 Å². The van der Waals surface area contributed by atoms with Gasteiger partial charge in [0.05, 0.1) is 0 Å². The molecule has 0 aliphatic heterocycles. The SMILES string of the molecule is Cc1ccc(NC(=O)C(=O)NC(CC(C)C)C(=O)O)cc1. The van der Waals surface area contributed by atoms with Gasteiger partial charge in [0.25, 0.3) is 0 Å². The number of carboxylic acids is 1. The molecule has 1 aromatic rings. The van der Waals surface area contributed by atoms with Gasteiger partial charge in [0.2, 0.25) is 0 Å². The van der Waals surface area contributed by atoms with Crippen molar-refractivity contribution in [2.24, 2.45) is 5.92 Å².